The molecular formula is C18H17BrO8. The van der Waals surface area contributed by atoms with Gasteiger partial charge >= 0.3 is 11.9 Å². The van der Waals surface area contributed by atoms with E-state index in [0.717, 1.165) is 12.2 Å². The maximum absolute atomic E-state index is 12.8. The fraction of sp³-hybridized carbons (Fsp3) is 0.278. The number of esters is 1. The topological polar surface area (TPSA) is 130 Å². The number of ketones is 1. The molecule has 0 radical (unpaired) electrons. The summed E-state index contributed by atoms with van der Waals surface area (Å²) in [4.78, 5) is 35.7. The first-order valence-corrected chi connectivity index (χ1v) is 8.44. The van der Waals surface area contributed by atoms with Crippen LogP contribution in [0.1, 0.15) is 28.4 Å². The third-order valence-electron chi connectivity index (χ3n) is 4.41. The van der Waals surface area contributed by atoms with Crippen LogP contribution in [0.2, 0.25) is 0 Å². The average Bonchev–Trinajstić information content (AvgIpc) is 2.59. The van der Waals surface area contributed by atoms with Crippen LogP contribution >= 0.6 is 15.9 Å². The lowest BCUT2D eigenvalue weighted by molar-refractivity contribution is -0.151. The van der Waals surface area contributed by atoms with Crippen molar-refractivity contribution in [3.05, 3.63) is 44.6 Å². The molecule has 1 aliphatic rings. The molecule has 27 heavy (non-hydrogen) atoms. The number of allylic oxidation sites excluding steroid dienone is 2. The first kappa shape index (κ1) is 20.7. The van der Waals surface area contributed by atoms with Crippen LogP contribution < -0.4 is 4.74 Å². The van der Waals surface area contributed by atoms with Crippen molar-refractivity contribution in [2.75, 3.05) is 7.11 Å². The summed E-state index contributed by atoms with van der Waals surface area (Å²) in [5.41, 5.74) is -2.23. The Balaban J connectivity index is 2.56. The standard InChI is InChI=1S/C18H17BrO8/c1-7-5-10(20)6-11(26-4)18(7,25)17(24)27-15-9(3)8(2)12(16(22)23)14(21)13(15)19/h5-6,21,25H,1-4H3,(H,22,23)/t18-/m1/s1. The van der Waals surface area contributed by atoms with Gasteiger partial charge in [-0.25, -0.2) is 9.59 Å². The third kappa shape index (κ3) is 3.24. The van der Waals surface area contributed by atoms with E-state index in [1.165, 1.54) is 27.9 Å². The Morgan fingerprint density at radius 2 is 1.74 bits per heavy atom. The van der Waals surface area contributed by atoms with E-state index in [9.17, 15) is 29.7 Å². The molecule has 0 heterocycles. The van der Waals surface area contributed by atoms with Gasteiger partial charge in [-0.2, -0.15) is 0 Å². The molecule has 1 aliphatic carbocycles. The van der Waals surface area contributed by atoms with Gasteiger partial charge in [-0.05, 0) is 59.5 Å². The van der Waals surface area contributed by atoms with Crippen molar-refractivity contribution < 1.29 is 39.2 Å². The largest absolute Gasteiger partial charge is 0.506 e. The molecule has 144 valence electrons. The lowest BCUT2D eigenvalue weighted by Crippen LogP contribution is -2.47. The molecule has 0 fully saturated rings. The van der Waals surface area contributed by atoms with Crippen molar-refractivity contribution in [2.24, 2.45) is 0 Å². The van der Waals surface area contributed by atoms with Gasteiger partial charge in [0.25, 0.3) is 0 Å². The van der Waals surface area contributed by atoms with Crippen LogP contribution in [0.15, 0.2) is 28.0 Å². The molecule has 1 atom stereocenters. The fourth-order valence-electron chi connectivity index (χ4n) is 2.72. The van der Waals surface area contributed by atoms with Gasteiger partial charge in [-0.15, -0.1) is 0 Å². The number of methoxy groups -OCH3 is 1. The predicted octanol–water partition coefficient (Wildman–Crippen LogP) is 2.17. The molecule has 1 aromatic rings. The monoisotopic (exact) mass is 440 g/mol. The Morgan fingerprint density at radius 1 is 1.15 bits per heavy atom. The number of hydrogen-bond donors (Lipinski definition) is 3. The summed E-state index contributed by atoms with van der Waals surface area (Å²) in [5, 5.41) is 30.3. The maximum atomic E-state index is 12.8. The van der Waals surface area contributed by atoms with E-state index in [4.69, 9.17) is 9.47 Å². The molecule has 0 saturated carbocycles. The Morgan fingerprint density at radius 3 is 2.26 bits per heavy atom. The first-order valence-electron chi connectivity index (χ1n) is 7.65. The van der Waals surface area contributed by atoms with Gasteiger partial charge in [0.2, 0.25) is 5.60 Å². The van der Waals surface area contributed by atoms with E-state index in [-0.39, 0.29) is 38.2 Å². The van der Waals surface area contributed by atoms with Crippen LogP contribution in [0.5, 0.6) is 11.5 Å². The maximum Gasteiger partial charge on any atom is 0.356 e. The van der Waals surface area contributed by atoms with Crippen molar-refractivity contribution in [1.82, 2.24) is 0 Å². The Hall–Kier alpha value is -2.65. The summed E-state index contributed by atoms with van der Waals surface area (Å²) in [6, 6.07) is 0. The molecule has 2 rings (SSSR count). The summed E-state index contributed by atoms with van der Waals surface area (Å²) < 4.78 is 10.1. The number of phenols is 1. The second-order valence-electron chi connectivity index (χ2n) is 5.96. The van der Waals surface area contributed by atoms with Crippen molar-refractivity contribution in [3.63, 3.8) is 0 Å². The molecule has 9 heteroatoms. The fourth-order valence-corrected chi connectivity index (χ4v) is 3.30. The van der Waals surface area contributed by atoms with Crippen molar-refractivity contribution >= 4 is 33.7 Å². The molecule has 0 amide bonds. The van der Waals surface area contributed by atoms with Crippen LogP contribution in [-0.2, 0) is 14.3 Å². The van der Waals surface area contributed by atoms with Crippen molar-refractivity contribution in [3.8, 4) is 11.5 Å². The molecular weight excluding hydrogens is 424 g/mol. The van der Waals surface area contributed by atoms with Crippen LogP contribution in [0.3, 0.4) is 0 Å². The number of carbonyl (C=O) groups is 3. The molecule has 3 N–H and O–H groups in total. The molecule has 0 bridgehead atoms. The predicted molar refractivity (Wildman–Crippen MR) is 96.7 cm³/mol. The molecule has 1 aromatic carbocycles. The number of benzene rings is 1. The summed E-state index contributed by atoms with van der Waals surface area (Å²) in [7, 11) is 1.19. The zero-order valence-corrected chi connectivity index (χ0v) is 16.5. The zero-order valence-electron chi connectivity index (χ0n) is 14.9. The van der Waals surface area contributed by atoms with Crippen LogP contribution in [0.4, 0.5) is 0 Å². The summed E-state index contributed by atoms with van der Waals surface area (Å²) in [6.45, 7) is 4.31. The van der Waals surface area contributed by atoms with Crippen LogP contribution in [-0.4, -0.2) is 45.8 Å². The van der Waals surface area contributed by atoms with Gasteiger partial charge in [0, 0.05) is 6.08 Å². The summed E-state index contributed by atoms with van der Waals surface area (Å²) >= 11 is 3.02. The minimum atomic E-state index is -2.34. The molecule has 0 aromatic heterocycles. The molecule has 0 unspecified atom stereocenters. The Labute approximate surface area is 162 Å². The lowest BCUT2D eigenvalue weighted by Gasteiger charge is -2.30. The Kier molecular flexibility index (Phi) is 5.48. The van der Waals surface area contributed by atoms with E-state index < -0.39 is 29.1 Å². The summed E-state index contributed by atoms with van der Waals surface area (Å²) in [5.74, 6) is -4.07. The van der Waals surface area contributed by atoms with E-state index in [2.05, 4.69) is 15.9 Å². The molecule has 8 nitrogen and oxygen atoms in total. The highest BCUT2D eigenvalue weighted by molar-refractivity contribution is 9.10. The second-order valence-corrected chi connectivity index (χ2v) is 6.76. The van der Waals surface area contributed by atoms with Gasteiger partial charge in [0.05, 0.1) is 7.11 Å². The van der Waals surface area contributed by atoms with Crippen LogP contribution in [0.25, 0.3) is 0 Å². The van der Waals surface area contributed by atoms with Gasteiger partial charge in [-0.1, -0.05) is 0 Å². The number of carboxylic acids is 1. The number of aliphatic hydroxyl groups is 1. The number of rotatable bonds is 4. The minimum absolute atomic E-state index is 0.00581. The number of hydrogen-bond acceptors (Lipinski definition) is 7. The quantitative estimate of drug-likeness (QED) is 0.479. The SMILES string of the molecule is COC1=CC(=O)C=C(C)[C@]1(O)C(=O)Oc1c(C)c(C)c(C(=O)O)c(O)c1Br. The van der Waals surface area contributed by atoms with E-state index in [1.54, 1.807) is 0 Å². The van der Waals surface area contributed by atoms with Gasteiger partial charge in [0.15, 0.2) is 11.5 Å². The first-order chi connectivity index (χ1) is 12.5. The minimum Gasteiger partial charge on any atom is -0.506 e. The van der Waals surface area contributed by atoms with Gasteiger partial charge in [-0.3, -0.25) is 4.79 Å². The van der Waals surface area contributed by atoms with E-state index in [1.807, 2.05) is 0 Å². The smallest absolute Gasteiger partial charge is 0.356 e. The third-order valence-corrected chi connectivity index (χ3v) is 5.14. The number of carboxylic acid groups (broad SMARTS) is 1. The van der Waals surface area contributed by atoms with Gasteiger partial charge in [0.1, 0.15) is 21.5 Å². The number of halogens is 1. The average molecular weight is 441 g/mol. The normalized spacial score (nSPS) is 19.3. The number of carbonyl (C=O) groups excluding carboxylic acids is 2. The highest BCUT2D eigenvalue weighted by Crippen LogP contribution is 2.43. The Bertz CT molecular complexity index is 899. The van der Waals surface area contributed by atoms with Crippen molar-refractivity contribution in [1.29, 1.82) is 0 Å². The second kappa shape index (κ2) is 7.16. The lowest BCUT2D eigenvalue weighted by atomic mass is 9.87. The highest BCUT2D eigenvalue weighted by Gasteiger charge is 2.48. The summed E-state index contributed by atoms with van der Waals surface area (Å²) in [6.07, 6.45) is 2.04. The number of aromatic hydroxyl groups is 1. The van der Waals surface area contributed by atoms with Crippen molar-refractivity contribution in [2.45, 2.75) is 26.4 Å². The van der Waals surface area contributed by atoms with Crippen LogP contribution in [0, 0.1) is 13.8 Å². The zero-order chi connectivity index (χ0) is 20.7. The number of ether oxygens (including phenoxy) is 2. The van der Waals surface area contributed by atoms with Gasteiger partial charge < -0.3 is 24.8 Å². The molecule has 0 spiro atoms. The molecule has 0 aliphatic heterocycles. The van der Waals surface area contributed by atoms with E-state index >= 15 is 0 Å². The highest BCUT2D eigenvalue weighted by atomic mass is 79.9. The van der Waals surface area contributed by atoms with E-state index in [0.29, 0.717) is 0 Å². The number of aromatic carboxylic acids is 1. The molecule has 0 saturated heterocycles.